The van der Waals surface area contributed by atoms with Gasteiger partial charge in [-0.15, -0.1) is 0 Å². The molecule has 3 heterocycles. The number of nitrogens with one attached hydrogen (secondary N) is 1. The molecule has 0 saturated carbocycles. The minimum absolute atomic E-state index is 0.135. The molecule has 1 aromatic rings. The van der Waals surface area contributed by atoms with Crippen molar-refractivity contribution in [3.05, 3.63) is 44.8 Å². The molecule has 0 radical (unpaired) electrons. The van der Waals surface area contributed by atoms with E-state index in [9.17, 15) is 14.4 Å². The Morgan fingerprint density at radius 1 is 1.20 bits per heavy atom. The van der Waals surface area contributed by atoms with Crippen LogP contribution in [0.15, 0.2) is 27.9 Å². The SMILES string of the molecule is CN1CCCN(C)C1=O.Cc1cn([C@H]2C=C[C@@H](CO)O2)c(=O)[nH]c1=O. The second kappa shape index (κ2) is 8.13. The van der Waals surface area contributed by atoms with Gasteiger partial charge in [-0.25, -0.2) is 9.59 Å². The fraction of sp³-hybridized carbons (Fsp3) is 0.562. The smallest absolute Gasteiger partial charge is 0.330 e. The summed E-state index contributed by atoms with van der Waals surface area (Å²) in [5.74, 6) is 0. The van der Waals surface area contributed by atoms with Crippen molar-refractivity contribution >= 4 is 6.03 Å². The molecule has 1 aromatic heterocycles. The van der Waals surface area contributed by atoms with E-state index in [4.69, 9.17) is 9.84 Å². The number of aromatic nitrogens is 2. The fourth-order valence-electron chi connectivity index (χ4n) is 2.55. The van der Waals surface area contributed by atoms with Gasteiger partial charge in [0.2, 0.25) is 0 Å². The highest BCUT2D eigenvalue weighted by Crippen LogP contribution is 2.18. The van der Waals surface area contributed by atoms with Crippen LogP contribution in [0.4, 0.5) is 4.79 Å². The Balaban J connectivity index is 0.000000212. The minimum Gasteiger partial charge on any atom is -0.393 e. The van der Waals surface area contributed by atoms with Gasteiger partial charge >= 0.3 is 11.7 Å². The van der Waals surface area contributed by atoms with Crippen LogP contribution in [0.1, 0.15) is 18.2 Å². The summed E-state index contributed by atoms with van der Waals surface area (Å²) in [7, 11) is 3.66. The van der Waals surface area contributed by atoms with Gasteiger partial charge in [0.15, 0.2) is 6.23 Å². The number of ether oxygens (including phenoxy) is 1. The zero-order chi connectivity index (χ0) is 18.6. The van der Waals surface area contributed by atoms with Crippen LogP contribution in [0.5, 0.6) is 0 Å². The molecule has 0 aromatic carbocycles. The van der Waals surface area contributed by atoms with Crippen molar-refractivity contribution in [3.63, 3.8) is 0 Å². The van der Waals surface area contributed by atoms with Gasteiger partial charge in [-0.3, -0.25) is 14.3 Å². The van der Waals surface area contributed by atoms with Gasteiger partial charge in [-0.2, -0.15) is 0 Å². The summed E-state index contributed by atoms with van der Waals surface area (Å²) in [6.45, 7) is 3.29. The van der Waals surface area contributed by atoms with Crippen molar-refractivity contribution in [1.29, 1.82) is 0 Å². The molecule has 1 fully saturated rings. The highest BCUT2D eigenvalue weighted by atomic mass is 16.5. The molecule has 0 bridgehead atoms. The zero-order valence-electron chi connectivity index (χ0n) is 14.6. The van der Waals surface area contributed by atoms with E-state index >= 15 is 0 Å². The molecular weight excluding hydrogens is 328 g/mol. The van der Waals surface area contributed by atoms with Gasteiger partial charge in [0.25, 0.3) is 5.56 Å². The van der Waals surface area contributed by atoms with Gasteiger partial charge in [0.05, 0.1) is 6.61 Å². The van der Waals surface area contributed by atoms with Crippen molar-refractivity contribution in [2.45, 2.75) is 25.7 Å². The van der Waals surface area contributed by atoms with E-state index in [1.807, 2.05) is 14.1 Å². The first kappa shape index (κ1) is 18.9. The number of H-pyrrole nitrogens is 1. The van der Waals surface area contributed by atoms with Crippen molar-refractivity contribution < 1.29 is 14.6 Å². The summed E-state index contributed by atoms with van der Waals surface area (Å²) in [4.78, 5) is 39.3. The lowest BCUT2D eigenvalue weighted by atomic mass is 10.3. The molecule has 0 unspecified atom stereocenters. The number of amides is 2. The average Bonchev–Trinajstić information content (AvgIpc) is 3.05. The summed E-state index contributed by atoms with van der Waals surface area (Å²) in [6.07, 6.45) is 4.91. The number of urea groups is 1. The van der Waals surface area contributed by atoms with E-state index in [-0.39, 0.29) is 12.6 Å². The molecule has 0 aliphatic carbocycles. The number of hydrogen-bond donors (Lipinski definition) is 2. The maximum absolute atomic E-state index is 11.5. The third-order valence-corrected chi connectivity index (χ3v) is 4.04. The standard InChI is InChI=1S/C10H12N2O4.C6H12N2O/c1-6-4-12(10(15)11-9(6)14)8-3-2-7(5-13)16-8;1-7-4-3-5-8(2)6(7)9/h2-4,7-8,13H,5H2,1H3,(H,11,14,15);3-5H2,1-2H3/t7-,8+;/m0./s1. The molecule has 2 N–H and O–H groups in total. The van der Waals surface area contributed by atoms with Crippen LogP contribution in [0.3, 0.4) is 0 Å². The number of aromatic amines is 1. The molecule has 3 rings (SSSR count). The summed E-state index contributed by atoms with van der Waals surface area (Å²) >= 11 is 0. The number of rotatable bonds is 2. The number of aryl methyl sites for hydroxylation is 1. The summed E-state index contributed by atoms with van der Waals surface area (Å²) in [5, 5.41) is 8.88. The molecule has 9 heteroatoms. The number of carbonyl (C=O) groups is 1. The van der Waals surface area contributed by atoms with Crippen LogP contribution >= 0.6 is 0 Å². The number of carbonyl (C=O) groups excluding carboxylic acids is 1. The van der Waals surface area contributed by atoms with Gasteiger partial charge in [0, 0.05) is 38.9 Å². The zero-order valence-corrected chi connectivity index (χ0v) is 14.6. The Morgan fingerprint density at radius 2 is 1.84 bits per heavy atom. The molecule has 2 aliphatic heterocycles. The third kappa shape index (κ3) is 4.58. The van der Waals surface area contributed by atoms with Gasteiger partial charge in [-0.1, -0.05) is 6.08 Å². The van der Waals surface area contributed by atoms with E-state index in [0.717, 1.165) is 19.5 Å². The van der Waals surface area contributed by atoms with E-state index in [1.165, 1.54) is 10.8 Å². The first-order chi connectivity index (χ1) is 11.8. The second-order valence-corrected chi connectivity index (χ2v) is 6.09. The van der Waals surface area contributed by atoms with Crippen molar-refractivity contribution in [3.8, 4) is 0 Å². The molecule has 2 amide bonds. The van der Waals surface area contributed by atoms with E-state index < -0.39 is 23.6 Å². The van der Waals surface area contributed by atoms with Crippen molar-refractivity contribution in [2.75, 3.05) is 33.8 Å². The molecule has 25 heavy (non-hydrogen) atoms. The lowest BCUT2D eigenvalue weighted by Gasteiger charge is -2.30. The molecule has 0 spiro atoms. The first-order valence-electron chi connectivity index (χ1n) is 8.06. The van der Waals surface area contributed by atoms with Crippen LogP contribution in [-0.4, -0.2) is 70.4 Å². The number of aliphatic hydroxyl groups is 1. The van der Waals surface area contributed by atoms with Crippen LogP contribution in [0.25, 0.3) is 0 Å². The summed E-state index contributed by atoms with van der Waals surface area (Å²) < 4.78 is 6.63. The Hall–Kier alpha value is -2.39. The van der Waals surface area contributed by atoms with E-state index in [1.54, 1.807) is 28.9 Å². The fourth-order valence-corrected chi connectivity index (χ4v) is 2.55. The molecule has 2 atom stereocenters. The predicted octanol–water partition coefficient (Wildman–Crippen LogP) is -0.335. The average molecular weight is 352 g/mol. The second-order valence-electron chi connectivity index (χ2n) is 6.09. The predicted molar refractivity (Wildman–Crippen MR) is 91.5 cm³/mol. The molecule has 138 valence electrons. The number of aliphatic hydroxyl groups excluding tert-OH is 1. The molecule has 1 saturated heterocycles. The van der Waals surface area contributed by atoms with Gasteiger partial charge in [-0.05, 0) is 19.4 Å². The Morgan fingerprint density at radius 3 is 2.36 bits per heavy atom. The van der Waals surface area contributed by atoms with Crippen molar-refractivity contribution in [2.24, 2.45) is 0 Å². The molecule has 2 aliphatic rings. The molecule has 9 nitrogen and oxygen atoms in total. The Bertz CT molecular complexity index is 742. The Kier molecular flexibility index (Phi) is 6.16. The highest BCUT2D eigenvalue weighted by Gasteiger charge is 2.21. The quantitative estimate of drug-likeness (QED) is 0.708. The van der Waals surface area contributed by atoms with E-state index in [0.29, 0.717) is 5.56 Å². The monoisotopic (exact) mass is 352 g/mol. The number of hydrogen-bond acceptors (Lipinski definition) is 5. The lowest BCUT2D eigenvalue weighted by molar-refractivity contribution is -0.0104. The largest absolute Gasteiger partial charge is 0.393 e. The highest BCUT2D eigenvalue weighted by molar-refractivity contribution is 5.74. The maximum Gasteiger partial charge on any atom is 0.330 e. The van der Waals surface area contributed by atoms with Crippen molar-refractivity contribution in [1.82, 2.24) is 19.4 Å². The van der Waals surface area contributed by atoms with Crippen LogP contribution in [0, 0.1) is 6.92 Å². The Labute approximate surface area is 145 Å². The van der Waals surface area contributed by atoms with E-state index in [2.05, 4.69) is 4.98 Å². The normalized spacial score (nSPS) is 22.8. The van der Waals surface area contributed by atoms with Crippen LogP contribution in [0.2, 0.25) is 0 Å². The molecular formula is C16H24N4O5. The maximum atomic E-state index is 11.5. The lowest BCUT2D eigenvalue weighted by Crippen LogP contribution is -2.44. The summed E-state index contributed by atoms with van der Waals surface area (Å²) in [5.41, 5.74) is -0.491. The number of nitrogens with zero attached hydrogens (tertiary/aromatic N) is 3. The minimum atomic E-state index is -0.569. The van der Waals surface area contributed by atoms with Gasteiger partial charge in [0.1, 0.15) is 6.10 Å². The summed E-state index contributed by atoms with van der Waals surface area (Å²) in [6, 6.07) is 0.140. The van der Waals surface area contributed by atoms with Gasteiger partial charge < -0.3 is 19.6 Å². The first-order valence-corrected chi connectivity index (χ1v) is 8.06. The van der Waals surface area contributed by atoms with Crippen LogP contribution in [-0.2, 0) is 4.74 Å². The third-order valence-electron chi connectivity index (χ3n) is 4.04. The van der Waals surface area contributed by atoms with Crippen LogP contribution < -0.4 is 11.2 Å². The topological polar surface area (TPSA) is 108 Å².